The van der Waals surface area contributed by atoms with Gasteiger partial charge in [0.25, 0.3) is 0 Å². The molecular formula is C12H15ClN2O. The molecule has 1 atom stereocenters. The van der Waals surface area contributed by atoms with E-state index in [1.54, 1.807) is 12.1 Å². The van der Waals surface area contributed by atoms with Crippen LogP contribution in [-0.2, 0) is 0 Å². The van der Waals surface area contributed by atoms with E-state index >= 15 is 0 Å². The van der Waals surface area contributed by atoms with Gasteiger partial charge in [0, 0.05) is 6.04 Å². The van der Waals surface area contributed by atoms with Crippen LogP contribution in [0, 0.1) is 11.3 Å². The molecule has 1 aliphatic rings. The van der Waals surface area contributed by atoms with Crippen LogP contribution in [0.3, 0.4) is 0 Å². The molecule has 0 amide bonds. The van der Waals surface area contributed by atoms with Crippen LogP contribution >= 0.6 is 12.4 Å². The molecule has 86 valence electrons. The Balaban J connectivity index is 0.00000128. The van der Waals surface area contributed by atoms with Gasteiger partial charge in [0.05, 0.1) is 11.6 Å². The fraction of sp³-hybridized carbons (Fsp3) is 0.417. The molecular weight excluding hydrogens is 224 g/mol. The lowest BCUT2D eigenvalue weighted by molar-refractivity contribution is 0.277. The zero-order chi connectivity index (χ0) is 10.5. The number of rotatable bonds is 3. The summed E-state index contributed by atoms with van der Waals surface area (Å²) in [7, 11) is 0. The molecule has 1 N–H and O–H groups in total. The molecule has 1 aromatic carbocycles. The first-order valence-corrected chi connectivity index (χ1v) is 5.25. The minimum Gasteiger partial charge on any atom is -0.492 e. The maximum Gasteiger partial charge on any atom is 0.120 e. The van der Waals surface area contributed by atoms with E-state index in [-0.39, 0.29) is 12.4 Å². The van der Waals surface area contributed by atoms with E-state index in [1.165, 1.54) is 12.8 Å². The lowest BCUT2D eigenvalue weighted by Crippen LogP contribution is -2.28. The minimum absolute atomic E-state index is 0. The molecule has 2 rings (SSSR count). The Morgan fingerprint density at radius 2 is 2.38 bits per heavy atom. The first-order valence-electron chi connectivity index (χ1n) is 5.25. The van der Waals surface area contributed by atoms with Crippen LogP contribution in [0.4, 0.5) is 0 Å². The van der Waals surface area contributed by atoms with Crippen LogP contribution in [-0.4, -0.2) is 19.2 Å². The third-order valence-electron chi connectivity index (χ3n) is 2.58. The minimum atomic E-state index is 0. The normalized spacial score (nSPS) is 18.6. The Bertz CT molecular complexity index is 370. The second kappa shape index (κ2) is 6.37. The molecule has 0 radical (unpaired) electrons. The van der Waals surface area contributed by atoms with Gasteiger partial charge < -0.3 is 10.1 Å². The van der Waals surface area contributed by atoms with Crippen LogP contribution in [0.1, 0.15) is 18.4 Å². The van der Waals surface area contributed by atoms with Crippen LogP contribution in [0.5, 0.6) is 5.75 Å². The van der Waals surface area contributed by atoms with Crippen LogP contribution in [0.25, 0.3) is 0 Å². The van der Waals surface area contributed by atoms with Crippen molar-refractivity contribution in [2.24, 2.45) is 0 Å². The molecule has 0 spiro atoms. The molecule has 1 aromatic rings. The number of nitriles is 1. The van der Waals surface area contributed by atoms with Crippen molar-refractivity contribution in [3.63, 3.8) is 0 Å². The van der Waals surface area contributed by atoms with E-state index in [1.807, 2.05) is 12.1 Å². The smallest absolute Gasteiger partial charge is 0.120 e. The summed E-state index contributed by atoms with van der Waals surface area (Å²) in [6.07, 6.45) is 2.41. The van der Waals surface area contributed by atoms with Crippen LogP contribution in [0.15, 0.2) is 24.3 Å². The molecule has 16 heavy (non-hydrogen) atoms. The van der Waals surface area contributed by atoms with E-state index in [0.29, 0.717) is 18.2 Å². The van der Waals surface area contributed by atoms with Crippen molar-refractivity contribution in [1.82, 2.24) is 5.32 Å². The zero-order valence-electron chi connectivity index (χ0n) is 8.98. The van der Waals surface area contributed by atoms with Gasteiger partial charge in [0.15, 0.2) is 0 Å². The number of halogens is 1. The van der Waals surface area contributed by atoms with Crippen molar-refractivity contribution in [2.45, 2.75) is 18.9 Å². The van der Waals surface area contributed by atoms with Crippen molar-refractivity contribution >= 4 is 12.4 Å². The Morgan fingerprint density at radius 1 is 1.50 bits per heavy atom. The number of hydrogen-bond acceptors (Lipinski definition) is 3. The van der Waals surface area contributed by atoms with Gasteiger partial charge in [-0.1, -0.05) is 6.07 Å². The fourth-order valence-electron chi connectivity index (χ4n) is 1.75. The lowest BCUT2D eigenvalue weighted by Gasteiger charge is -2.11. The topological polar surface area (TPSA) is 45.0 Å². The fourth-order valence-corrected chi connectivity index (χ4v) is 1.75. The quantitative estimate of drug-likeness (QED) is 0.877. The van der Waals surface area contributed by atoms with E-state index in [0.717, 1.165) is 12.3 Å². The summed E-state index contributed by atoms with van der Waals surface area (Å²) in [6.45, 7) is 1.78. The Kier molecular flexibility index (Phi) is 5.10. The number of ether oxygens (including phenoxy) is 1. The molecule has 0 aromatic heterocycles. The number of benzene rings is 1. The summed E-state index contributed by atoms with van der Waals surface area (Å²) in [6, 6.07) is 9.85. The summed E-state index contributed by atoms with van der Waals surface area (Å²) < 4.78 is 5.62. The maximum absolute atomic E-state index is 8.72. The third-order valence-corrected chi connectivity index (χ3v) is 2.58. The van der Waals surface area contributed by atoms with Gasteiger partial charge in [0.2, 0.25) is 0 Å². The first kappa shape index (κ1) is 12.8. The van der Waals surface area contributed by atoms with Crippen molar-refractivity contribution in [3.05, 3.63) is 29.8 Å². The molecule has 1 unspecified atom stereocenters. The molecule has 1 heterocycles. The Morgan fingerprint density at radius 3 is 3.06 bits per heavy atom. The average Bonchev–Trinajstić information content (AvgIpc) is 2.79. The van der Waals surface area contributed by atoms with Crippen LogP contribution < -0.4 is 10.1 Å². The van der Waals surface area contributed by atoms with Gasteiger partial charge in [-0.15, -0.1) is 12.4 Å². The molecule has 4 heteroatoms. The summed E-state index contributed by atoms with van der Waals surface area (Å²) in [5, 5.41) is 12.1. The number of nitrogens with one attached hydrogen (secondary N) is 1. The largest absolute Gasteiger partial charge is 0.492 e. The predicted octanol–water partition coefficient (Wildman–Crippen LogP) is 2.11. The predicted molar refractivity (Wildman–Crippen MR) is 64.9 cm³/mol. The van der Waals surface area contributed by atoms with Gasteiger partial charge >= 0.3 is 0 Å². The Hall–Kier alpha value is -1.24. The molecule has 0 bridgehead atoms. The van der Waals surface area contributed by atoms with Gasteiger partial charge in [-0.2, -0.15) is 5.26 Å². The van der Waals surface area contributed by atoms with Gasteiger partial charge in [-0.3, -0.25) is 0 Å². The first-order chi connectivity index (χ1) is 7.38. The summed E-state index contributed by atoms with van der Waals surface area (Å²) in [5.41, 5.74) is 0.645. The average molecular weight is 239 g/mol. The van der Waals surface area contributed by atoms with Gasteiger partial charge in [0.1, 0.15) is 12.4 Å². The molecule has 1 aliphatic heterocycles. The Labute approximate surface area is 102 Å². The van der Waals surface area contributed by atoms with Crippen LogP contribution in [0.2, 0.25) is 0 Å². The highest BCUT2D eigenvalue weighted by Crippen LogP contribution is 2.14. The number of hydrogen-bond donors (Lipinski definition) is 1. The van der Waals surface area contributed by atoms with E-state index in [2.05, 4.69) is 11.4 Å². The highest BCUT2D eigenvalue weighted by Gasteiger charge is 2.14. The summed E-state index contributed by atoms with van der Waals surface area (Å²) >= 11 is 0. The van der Waals surface area contributed by atoms with Crippen molar-refractivity contribution in [1.29, 1.82) is 5.26 Å². The van der Waals surface area contributed by atoms with Gasteiger partial charge in [-0.05, 0) is 37.6 Å². The molecule has 0 aliphatic carbocycles. The lowest BCUT2D eigenvalue weighted by atomic mass is 10.2. The van der Waals surface area contributed by atoms with Crippen molar-refractivity contribution < 1.29 is 4.74 Å². The third kappa shape index (κ3) is 3.41. The summed E-state index contributed by atoms with van der Waals surface area (Å²) in [4.78, 5) is 0. The van der Waals surface area contributed by atoms with E-state index < -0.39 is 0 Å². The van der Waals surface area contributed by atoms with Crippen molar-refractivity contribution in [3.8, 4) is 11.8 Å². The second-order valence-corrected chi connectivity index (χ2v) is 3.74. The zero-order valence-corrected chi connectivity index (χ0v) is 9.80. The molecule has 3 nitrogen and oxygen atoms in total. The van der Waals surface area contributed by atoms with E-state index in [4.69, 9.17) is 10.00 Å². The highest BCUT2D eigenvalue weighted by molar-refractivity contribution is 5.85. The van der Waals surface area contributed by atoms with E-state index in [9.17, 15) is 0 Å². The SMILES string of the molecule is Cl.N#Cc1cccc(OCC2CCCN2)c1. The highest BCUT2D eigenvalue weighted by atomic mass is 35.5. The molecule has 1 fully saturated rings. The van der Waals surface area contributed by atoms with Crippen molar-refractivity contribution in [2.75, 3.05) is 13.2 Å². The standard InChI is InChI=1S/C12H14N2O.ClH/c13-8-10-3-1-5-12(7-10)15-9-11-4-2-6-14-11;/h1,3,5,7,11,14H,2,4,6,9H2;1H. The maximum atomic E-state index is 8.72. The number of nitrogens with zero attached hydrogens (tertiary/aromatic N) is 1. The molecule has 0 saturated carbocycles. The monoisotopic (exact) mass is 238 g/mol. The van der Waals surface area contributed by atoms with Gasteiger partial charge in [-0.25, -0.2) is 0 Å². The summed E-state index contributed by atoms with van der Waals surface area (Å²) in [5.74, 6) is 0.780. The second-order valence-electron chi connectivity index (χ2n) is 3.74. The molecule has 1 saturated heterocycles.